The molecular weight excluding hydrogens is 416 g/mol. The van der Waals surface area contributed by atoms with Crippen LogP contribution in [-0.2, 0) is 4.79 Å². The van der Waals surface area contributed by atoms with E-state index in [4.69, 9.17) is 28.3 Å². The number of benzene rings is 1. The number of carboxylic acid groups (broad SMARTS) is 1. The van der Waals surface area contributed by atoms with Crippen molar-refractivity contribution in [2.24, 2.45) is 5.92 Å². The van der Waals surface area contributed by atoms with Crippen LogP contribution in [0.3, 0.4) is 0 Å². The molecule has 1 saturated carbocycles. The minimum atomic E-state index is -0.916. The van der Waals surface area contributed by atoms with E-state index in [2.05, 4.69) is 5.32 Å². The Labute approximate surface area is 140 Å². The molecule has 20 heavy (non-hydrogen) atoms. The highest BCUT2D eigenvalue weighted by atomic mass is 127. The fourth-order valence-corrected chi connectivity index (χ4v) is 3.04. The van der Waals surface area contributed by atoms with Crippen molar-refractivity contribution in [3.8, 4) is 0 Å². The monoisotopic (exact) mass is 427 g/mol. The fraction of sp³-hybridized carbons (Fsp3) is 0.385. The molecule has 1 atom stereocenters. The zero-order valence-corrected chi connectivity index (χ0v) is 14.0. The number of carboxylic acids is 1. The van der Waals surface area contributed by atoms with Gasteiger partial charge in [0, 0.05) is 14.6 Å². The van der Waals surface area contributed by atoms with E-state index < -0.39 is 5.97 Å². The van der Waals surface area contributed by atoms with Gasteiger partial charge >= 0.3 is 5.97 Å². The molecule has 1 amide bonds. The van der Waals surface area contributed by atoms with Gasteiger partial charge in [-0.1, -0.05) is 23.2 Å². The summed E-state index contributed by atoms with van der Waals surface area (Å²) in [7, 11) is 0. The lowest BCUT2D eigenvalue weighted by atomic mass is 10.1. The maximum Gasteiger partial charge on any atom is 0.305 e. The highest BCUT2D eigenvalue weighted by Gasteiger charge is 2.34. The van der Waals surface area contributed by atoms with Crippen LogP contribution in [0.15, 0.2) is 12.1 Å². The number of nitrogens with one attached hydrogen (secondary N) is 1. The number of carbonyl (C=O) groups is 2. The lowest BCUT2D eigenvalue weighted by Crippen LogP contribution is -2.38. The van der Waals surface area contributed by atoms with Crippen LogP contribution in [-0.4, -0.2) is 23.0 Å². The highest BCUT2D eigenvalue weighted by molar-refractivity contribution is 14.1. The first kappa shape index (κ1) is 15.9. The number of aliphatic carboxylic acids is 1. The van der Waals surface area contributed by atoms with Crippen LogP contribution < -0.4 is 5.32 Å². The second-order valence-electron chi connectivity index (χ2n) is 4.76. The third-order valence-electron chi connectivity index (χ3n) is 3.14. The normalized spacial score (nSPS) is 15.8. The van der Waals surface area contributed by atoms with Crippen LogP contribution in [0.5, 0.6) is 0 Å². The van der Waals surface area contributed by atoms with Crippen LogP contribution in [0.2, 0.25) is 10.0 Å². The number of amides is 1. The van der Waals surface area contributed by atoms with Gasteiger partial charge in [-0.2, -0.15) is 0 Å². The molecule has 4 nitrogen and oxygen atoms in total. The summed E-state index contributed by atoms with van der Waals surface area (Å²) in [5.41, 5.74) is 0.374. The van der Waals surface area contributed by atoms with Gasteiger partial charge in [-0.3, -0.25) is 9.59 Å². The van der Waals surface area contributed by atoms with Crippen molar-refractivity contribution in [2.75, 3.05) is 0 Å². The van der Waals surface area contributed by atoms with E-state index in [0.717, 1.165) is 12.8 Å². The van der Waals surface area contributed by atoms with Crippen LogP contribution in [0.1, 0.15) is 29.6 Å². The Kier molecular flexibility index (Phi) is 5.14. The second kappa shape index (κ2) is 6.49. The molecule has 0 spiro atoms. The average Bonchev–Trinajstić information content (AvgIpc) is 3.16. The summed E-state index contributed by atoms with van der Waals surface area (Å²) in [4.78, 5) is 23.1. The maximum absolute atomic E-state index is 12.3. The molecule has 0 heterocycles. The van der Waals surface area contributed by atoms with Crippen molar-refractivity contribution in [3.05, 3.63) is 31.3 Å². The Hall–Kier alpha value is -0.530. The van der Waals surface area contributed by atoms with Crippen LogP contribution in [0.25, 0.3) is 0 Å². The lowest BCUT2D eigenvalue weighted by Gasteiger charge is -2.17. The van der Waals surface area contributed by atoms with E-state index in [1.807, 2.05) is 22.6 Å². The fourth-order valence-electron chi connectivity index (χ4n) is 1.99. The van der Waals surface area contributed by atoms with Gasteiger partial charge in [0.15, 0.2) is 0 Å². The Bertz CT molecular complexity index is 561. The van der Waals surface area contributed by atoms with Gasteiger partial charge in [0.25, 0.3) is 5.91 Å². The van der Waals surface area contributed by atoms with Gasteiger partial charge in [0.05, 0.1) is 17.0 Å². The van der Waals surface area contributed by atoms with Gasteiger partial charge in [0.1, 0.15) is 0 Å². The predicted molar refractivity (Wildman–Crippen MR) is 85.4 cm³/mol. The van der Waals surface area contributed by atoms with E-state index in [0.29, 0.717) is 19.2 Å². The van der Waals surface area contributed by atoms with Gasteiger partial charge in [-0.25, -0.2) is 0 Å². The lowest BCUT2D eigenvalue weighted by molar-refractivity contribution is -0.137. The van der Waals surface area contributed by atoms with E-state index in [1.54, 1.807) is 6.07 Å². The largest absolute Gasteiger partial charge is 0.481 e. The summed E-state index contributed by atoms with van der Waals surface area (Å²) in [5.74, 6) is -1.000. The first-order valence-corrected chi connectivity index (χ1v) is 7.89. The summed E-state index contributed by atoms with van der Waals surface area (Å²) in [6.45, 7) is 0. The molecule has 0 saturated heterocycles. The number of rotatable bonds is 5. The molecule has 0 aromatic heterocycles. The van der Waals surface area contributed by atoms with Crippen LogP contribution in [0, 0.1) is 9.49 Å². The number of halogens is 3. The SMILES string of the molecule is O=C(O)CC(NC(=O)c1cc(Cl)cc(Cl)c1I)C1CC1. The highest BCUT2D eigenvalue weighted by Crippen LogP contribution is 2.34. The van der Waals surface area contributed by atoms with E-state index >= 15 is 0 Å². The standard InChI is InChI=1S/C13H12Cl2INO3/c14-7-3-8(12(16)9(15)4-7)13(20)17-10(5-11(18)19)6-1-2-6/h3-4,6,10H,1-2,5H2,(H,17,20)(H,18,19). The van der Waals surface area contributed by atoms with Gasteiger partial charge in [-0.15, -0.1) is 0 Å². The van der Waals surface area contributed by atoms with Crippen molar-refractivity contribution >= 4 is 57.7 Å². The molecule has 1 fully saturated rings. The quantitative estimate of drug-likeness (QED) is 0.557. The molecule has 0 aliphatic heterocycles. The van der Waals surface area contributed by atoms with E-state index in [-0.39, 0.29) is 24.3 Å². The topological polar surface area (TPSA) is 66.4 Å². The van der Waals surface area contributed by atoms with Crippen molar-refractivity contribution in [3.63, 3.8) is 0 Å². The molecule has 7 heteroatoms. The van der Waals surface area contributed by atoms with Crippen molar-refractivity contribution in [2.45, 2.75) is 25.3 Å². The van der Waals surface area contributed by atoms with Gasteiger partial charge in [-0.05, 0) is 53.5 Å². The number of carbonyl (C=O) groups excluding carboxylic acids is 1. The molecule has 1 aromatic carbocycles. The minimum absolute atomic E-state index is 0.0682. The molecule has 108 valence electrons. The Morgan fingerprint density at radius 3 is 2.60 bits per heavy atom. The zero-order chi connectivity index (χ0) is 14.9. The van der Waals surface area contributed by atoms with Crippen molar-refractivity contribution in [1.29, 1.82) is 0 Å². The molecule has 1 unspecified atom stereocenters. The summed E-state index contributed by atoms with van der Waals surface area (Å²) >= 11 is 13.9. The summed E-state index contributed by atoms with van der Waals surface area (Å²) in [6.07, 6.45) is 1.83. The third kappa shape index (κ3) is 3.99. The smallest absolute Gasteiger partial charge is 0.305 e. The predicted octanol–water partition coefficient (Wildman–Crippen LogP) is 3.58. The second-order valence-corrected chi connectivity index (χ2v) is 6.69. The van der Waals surface area contributed by atoms with Crippen LogP contribution >= 0.6 is 45.8 Å². The minimum Gasteiger partial charge on any atom is -0.481 e. The van der Waals surface area contributed by atoms with E-state index in [1.165, 1.54) is 6.07 Å². The Morgan fingerprint density at radius 2 is 2.05 bits per heavy atom. The molecule has 1 aliphatic rings. The summed E-state index contributed by atoms with van der Waals surface area (Å²) < 4.78 is 0.607. The first-order chi connectivity index (χ1) is 9.38. The first-order valence-electron chi connectivity index (χ1n) is 6.05. The van der Waals surface area contributed by atoms with Crippen molar-refractivity contribution < 1.29 is 14.7 Å². The van der Waals surface area contributed by atoms with E-state index in [9.17, 15) is 9.59 Å². The molecule has 1 aromatic rings. The number of hydrogen-bond acceptors (Lipinski definition) is 2. The van der Waals surface area contributed by atoms with Gasteiger partial charge in [0.2, 0.25) is 0 Å². The summed E-state index contributed by atoms with van der Waals surface area (Å²) in [6, 6.07) is 2.76. The molecule has 2 rings (SSSR count). The zero-order valence-electron chi connectivity index (χ0n) is 10.3. The third-order valence-corrected chi connectivity index (χ3v) is 5.14. The molecule has 0 radical (unpaired) electrons. The van der Waals surface area contributed by atoms with Crippen LogP contribution in [0.4, 0.5) is 0 Å². The molecule has 2 N–H and O–H groups in total. The summed E-state index contributed by atoms with van der Waals surface area (Å²) in [5, 5.41) is 12.5. The Balaban J connectivity index is 2.16. The average molecular weight is 428 g/mol. The van der Waals surface area contributed by atoms with Crippen molar-refractivity contribution in [1.82, 2.24) is 5.32 Å². The molecular formula is C13H12Cl2INO3. The Morgan fingerprint density at radius 1 is 1.40 bits per heavy atom. The molecule has 0 bridgehead atoms. The number of hydrogen-bond donors (Lipinski definition) is 2. The molecule has 1 aliphatic carbocycles. The maximum atomic E-state index is 12.3. The van der Waals surface area contributed by atoms with Gasteiger partial charge < -0.3 is 10.4 Å².